The van der Waals surface area contributed by atoms with Gasteiger partial charge in [0.05, 0.1) is 5.69 Å². The number of nitrogens with zero attached hydrogens (tertiary/aromatic N) is 5. The van der Waals surface area contributed by atoms with Crippen LogP contribution in [0.25, 0.3) is 5.69 Å². The molecule has 1 aromatic carbocycles. The maximum atomic E-state index is 12.8. The Bertz CT molecular complexity index is 1140. The summed E-state index contributed by atoms with van der Waals surface area (Å²) in [6, 6.07) is 9.95. The highest BCUT2D eigenvalue weighted by atomic mass is 32.2. The first-order valence-corrected chi connectivity index (χ1v) is 12.2. The van der Waals surface area contributed by atoms with Crippen LogP contribution in [0, 0.1) is 12.8 Å². The molecule has 2 aromatic heterocycles. The highest BCUT2D eigenvalue weighted by Crippen LogP contribution is 2.23. The number of carbonyl (C=O) groups excluding carboxylic acids is 1. The third-order valence-electron chi connectivity index (χ3n) is 5.93. The van der Waals surface area contributed by atoms with E-state index in [2.05, 4.69) is 15.4 Å². The smallest absolute Gasteiger partial charge is 0.262 e. The average molecular weight is 457 g/mol. The van der Waals surface area contributed by atoms with Crippen LogP contribution in [0.1, 0.15) is 24.2 Å². The van der Waals surface area contributed by atoms with E-state index in [4.69, 9.17) is 0 Å². The second-order valence-electron chi connectivity index (χ2n) is 8.07. The number of aryl methyl sites for hydroxylation is 2. The molecule has 1 N–H and O–H groups in total. The Morgan fingerprint density at radius 1 is 1.19 bits per heavy atom. The second-order valence-corrected chi connectivity index (χ2v) is 9.96. The van der Waals surface area contributed by atoms with Gasteiger partial charge in [-0.3, -0.25) is 4.79 Å². The van der Waals surface area contributed by atoms with E-state index >= 15 is 0 Å². The maximum Gasteiger partial charge on any atom is 0.262 e. The van der Waals surface area contributed by atoms with Gasteiger partial charge < -0.3 is 9.88 Å². The predicted molar refractivity (Wildman–Crippen MR) is 120 cm³/mol. The molecule has 1 saturated heterocycles. The molecule has 170 valence electrons. The van der Waals surface area contributed by atoms with E-state index in [9.17, 15) is 13.2 Å². The molecule has 0 unspecified atom stereocenters. The van der Waals surface area contributed by atoms with E-state index in [1.54, 1.807) is 29.4 Å². The Morgan fingerprint density at radius 2 is 1.91 bits per heavy atom. The molecule has 1 aliphatic heterocycles. The number of carbonyl (C=O) groups is 1. The fraction of sp³-hybridized carbons (Fsp3) is 0.409. The van der Waals surface area contributed by atoms with Crippen molar-refractivity contribution in [3.63, 3.8) is 0 Å². The number of rotatable bonds is 7. The Hall–Kier alpha value is -2.98. The van der Waals surface area contributed by atoms with Crippen LogP contribution in [0.15, 0.2) is 53.9 Å². The number of benzene rings is 1. The van der Waals surface area contributed by atoms with Crippen LogP contribution in [0.3, 0.4) is 0 Å². The van der Waals surface area contributed by atoms with Gasteiger partial charge in [0, 0.05) is 51.2 Å². The summed E-state index contributed by atoms with van der Waals surface area (Å²) in [6.45, 7) is 2.96. The summed E-state index contributed by atoms with van der Waals surface area (Å²) < 4.78 is 30.5. The zero-order valence-electron chi connectivity index (χ0n) is 18.3. The molecule has 4 rings (SSSR count). The molecule has 1 aliphatic rings. The number of nitrogens with one attached hydrogen (secondary N) is 1. The Morgan fingerprint density at radius 3 is 2.50 bits per heavy atom. The van der Waals surface area contributed by atoms with Crippen LogP contribution in [0.5, 0.6) is 0 Å². The molecule has 0 atom stereocenters. The largest absolute Gasteiger partial charge is 0.356 e. The number of hydrogen-bond donors (Lipinski definition) is 1. The standard InChI is InChI=1S/C22H28N6O3S/c1-17-25-21(16-26(17)2)32(30,31)27-14-9-19(10-15-27)22(29)23-12-8-18-4-6-20(7-5-18)28-13-3-11-24-28/h3-7,11,13,16,19H,8-10,12,14-15H2,1-2H3,(H,23,29). The SMILES string of the molecule is Cc1nc(S(=O)(=O)N2CCC(C(=O)NCCc3ccc(-n4cccn4)cc3)CC2)cn1C. The molecule has 0 spiro atoms. The van der Waals surface area contributed by atoms with Crippen LogP contribution >= 0.6 is 0 Å². The summed E-state index contributed by atoms with van der Waals surface area (Å²) in [5.74, 6) is 0.465. The highest BCUT2D eigenvalue weighted by molar-refractivity contribution is 7.89. The Labute approximate surface area is 188 Å². The van der Waals surface area contributed by atoms with Crippen molar-refractivity contribution in [1.29, 1.82) is 0 Å². The number of aromatic nitrogens is 4. The maximum absolute atomic E-state index is 12.8. The summed E-state index contributed by atoms with van der Waals surface area (Å²) in [5, 5.41) is 7.28. The van der Waals surface area contributed by atoms with Gasteiger partial charge >= 0.3 is 0 Å². The third kappa shape index (κ3) is 4.76. The van der Waals surface area contributed by atoms with E-state index in [1.807, 2.05) is 36.5 Å². The number of sulfonamides is 1. The zero-order chi connectivity index (χ0) is 22.7. The fourth-order valence-electron chi connectivity index (χ4n) is 3.85. The molecule has 0 saturated carbocycles. The van der Waals surface area contributed by atoms with Crippen LogP contribution in [-0.4, -0.2) is 57.6 Å². The summed E-state index contributed by atoms with van der Waals surface area (Å²) in [5.41, 5.74) is 2.12. The van der Waals surface area contributed by atoms with Crippen molar-refractivity contribution in [2.75, 3.05) is 19.6 Å². The molecule has 1 fully saturated rings. The van der Waals surface area contributed by atoms with E-state index in [0.717, 1.165) is 17.7 Å². The predicted octanol–water partition coefficient (Wildman–Crippen LogP) is 1.67. The van der Waals surface area contributed by atoms with Crippen molar-refractivity contribution >= 4 is 15.9 Å². The van der Waals surface area contributed by atoms with Gasteiger partial charge in [-0.1, -0.05) is 12.1 Å². The van der Waals surface area contributed by atoms with Crippen molar-refractivity contribution in [3.05, 3.63) is 60.3 Å². The van der Waals surface area contributed by atoms with Crippen molar-refractivity contribution in [2.45, 2.75) is 31.2 Å². The van der Waals surface area contributed by atoms with E-state index in [-0.39, 0.29) is 16.9 Å². The van der Waals surface area contributed by atoms with Crippen LogP contribution in [0.4, 0.5) is 0 Å². The zero-order valence-corrected chi connectivity index (χ0v) is 19.1. The summed E-state index contributed by atoms with van der Waals surface area (Å²) in [7, 11) is -1.85. The lowest BCUT2D eigenvalue weighted by atomic mass is 9.97. The molecular weight excluding hydrogens is 428 g/mol. The lowest BCUT2D eigenvalue weighted by Crippen LogP contribution is -2.43. The number of imidazole rings is 1. The van der Waals surface area contributed by atoms with Gasteiger partial charge in [-0.05, 0) is 49.9 Å². The highest BCUT2D eigenvalue weighted by Gasteiger charge is 2.33. The van der Waals surface area contributed by atoms with Crippen molar-refractivity contribution in [3.8, 4) is 5.69 Å². The van der Waals surface area contributed by atoms with Crippen molar-refractivity contribution < 1.29 is 13.2 Å². The third-order valence-corrected chi connectivity index (χ3v) is 7.70. The molecular formula is C22H28N6O3S. The minimum Gasteiger partial charge on any atom is -0.356 e. The minimum atomic E-state index is -3.62. The topological polar surface area (TPSA) is 102 Å². The number of amides is 1. The van der Waals surface area contributed by atoms with E-state index in [1.165, 1.54) is 10.5 Å². The fourth-order valence-corrected chi connectivity index (χ4v) is 5.35. The van der Waals surface area contributed by atoms with Crippen LogP contribution in [0.2, 0.25) is 0 Å². The quantitative estimate of drug-likeness (QED) is 0.583. The molecule has 1 amide bonds. The molecule has 9 nitrogen and oxygen atoms in total. The summed E-state index contributed by atoms with van der Waals surface area (Å²) >= 11 is 0. The first-order valence-electron chi connectivity index (χ1n) is 10.7. The molecule has 32 heavy (non-hydrogen) atoms. The lowest BCUT2D eigenvalue weighted by Gasteiger charge is -2.29. The number of piperidine rings is 1. The van der Waals surface area contributed by atoms with E-state index in [0.29, 0.717) is 38.3 Å². The monoisotopic (exact) mass is 456 g/mol. The first kappa shape index (κ1) is 22.2. The summed E-state index contributed by atoms with van der Waals surface area (Å²) in [6.07, 6.45) is 6.92. The van der Waals surface area contributed by atoms with Gasteiger partial charge in [-0.25, -0.2) is 18.1 Å². The molecule has 0 bridgehead atoms. The van der Waals surface area contributed by atoms with Crippen molar-refractivity contribution in [2.24, 2.45) is 13.0 Å². The van der Waals surface area contributed by atoms with Gasteiger partial charge in [0.1, 0.15) is 5.82 Å². The Kier molecular flexibility index (Phi) is 6.43. The minimum absolute atomic E-state index is 0.0103. The molecule has 0 aliphatic carbocycles. The normalized spacial score (nSPS) is 15.7. The van der Waals surface area contributed by atoms with Crippen LogP contribution in [-0.2, 0) is 28.3 Å². The van der Waals surface area contributed by atoms with E-state index < -0.39 is 10.0 Å². The van der Waals surface area contributed by atoms with Gasteiger partial charge in [0.25, 0.3) is 10.0 Å². The molecule has 3 aromatic rings. The molecule has 10 heteroatoms. The lowest BCUT2D eigenvalue weighted by molar-refractivity contribution is -0.126. The van der Waals surface area contributed by atoms with Gasteiger partial charge in [-0.15, -0.1) is 0 Å². The van der Waals surface area contributed by atoms with Gasteiger partial charge in [-0.2, -0.15) is 9.40 Å². The Balaban J connectivity index is 1.24. The van der Waals surface area contributed by atoms with Gasteiger partial charge in [0.2, 0.25) is 5.91 Å². The number of hydrogen-bond acceptors (Lipinski definition) is 5. The second kappa shape index (κ2) is 9.25. The molecule has 0 radical (unpaired) electrons. The van der Waals surface area contributed by atoms with Crippen molar-refractivity contribution in [1.82, 2.24) is 29.0 Å². The molecule has 3 heterocycles. The van der Waals surface area contributed by atoms with Gasteiger partial charge in [0.15, 0.2) is 5.03 Å². The first-order chi connectivity index (χ1) is 15.3. The average Bonchev–Trinajstić information content (AvgIpc) is 3.45. The van der Waals surface area contributed by atoms with Crippen LogP contribution < -0.4 is 5.32 Å². The summed E-state index contributed by atoms with van der Waals surface area (Å²) in [4.78, 5) is 16.7.